The third kappa shape index (κ3) is 2.90. The molecule has 1 saturated heterocycles. The number of carbonyl (C=O) groups excluding carboxylic acids is 2. The van der Waals surface area contributed by atoms with Crippen LogP contribution in [0, 0.1) is 10.1 Å². The SMILES string of the molecule is CCOC(=O)C12NC1(OC(C)=O)Oc1c(c(=O)oc3ccccc13)C2c1ccc([N+](=O)[O-])cc1. The highest BCUT2D eigenvalue weighted by Gasteiger charge is 2.86. The number of non-ortho nitro benzene ring substituents is 1. The summed E-state index contributed by atoms with van der Waals surface area (Å²) >= 11 is 0. The quantitative estimate of drug-likeness (QED) is 0.195. The summed E-state index contributed by atoms with van der Waals surface area (Å²) in [4.78, 5) is 49.1. The number of nitro benzene ring substituents is 1. The molecular weight excluding hydrogens is 448 g/mol. The van der Waals surface area contributed by atoms with E-state index in [0.29, 0.717) is 10.9 Å². The number of fused-ring (bicyclic) bond motifs is 4. The monoisotopic (exact) mass is 466 g/mol. The van der Waals surface area contributed by atoms with Gasteiger partial charge in [-0.1, -0.05) is 24.3 Å². The highest BCUT2D eigenvalue weighted by atomic mass is 16.8. The van der Waals surface area contributed by atoms with Gasteiger partial charge in [-0.2, -0.15) is 0 Å². The average Bonchev–Trinajstić information content (AvgIpc) is 3.46. The van der Waals surface area contributed by atoms with Gasteiger partial charge in [0, 0.05) is 19.1 Å². The lowest BCUT2D eigenvalue weighted by atomic mass is 9.77. The van der Waals surface area contributed by atoms with Gasteiger partial charge in [-0.3, -0.25) is 14.9 Å². The van der Waals surface area contributed by atoms with Crippen LogP contribution in [0.2, 0.25) is 0 Å². The molecule has 2 aliphatic rings. The fourth-order valence-electron chi connectivity index (χ4n) is 4.53. The van der Waals surface area contributed by atoms with E-state index >= 15 is 0 Å². The molecule has 5 rings (SSSR count). The maximum atomic E-state index is 13.3. The summed E-state index contributed by atoms with van der Waals surface area (Å²) < 4.78 is 22.3. The Balaban J connectivity index is 1.82. The van der Waals surface area contributed by atoms with Crippen LogP contribution >= 0.6 is 0 Å². The second-order valence-electron chi connectivity index (χ2n) is 7.88. The van der Waals surface area contributed by atoms with E-state index in [1.165, 1.54) is 24.3 Å². The molecule has 1 fully saturated rings. The van der Waals surface area contributed by atoms with Crippen molar-refractivity contribution in [1.82, 2.24) is 5.32 Å². The first-order valence-electron chi connectivity index (χ1n) is 10.4. The molecule has 0 amide bonds. The number of nitrogens with zero attached hydrogens (tertiary/aromatic N) is 1. The molecule has 3 unspecified atom stereocenters. The molecule has 0 bridgehead atoms. The van der Waals surface area contributed by atoms with Crippen LogP contribution in [0.15, 0.2) is 57.7 Å². The second kappa shape index (κ2) is 7.39. The van der Waals surface area contributed by atoms with Crippen molar-refractivity contribution in [3.8, 4) is 5.75 Å². The lowest BCUT2D eigenvalue weighted by Crippen LogP contribution is -2.50. The van der Waals surface area contributed by atoms with Crippen molar-refractivity contribution in [2.45, 2.75) is 31.2 Å². The fraction of sp³-hybridized carbons (Fsp3) is 0.261. The van der Waals surface area contributed by atoms with Gasteiger partial charge in [-0.25, -0.2) is 14.9 Å². The topological polar surface area (TPSA) is 157 Å². The summed E-state index contributed by atoms with van der Waals surface area (Å²) in [7, 11) is 0. The molecule has 3 heterocycles. The third-order valence-electron chi connectivity index (χ3n) is 5.91. The van der Waals surface area contributed by atoms with E-state index in [1.807, 2.05) is 0 Å². The zero-order valence-electron chi connectivity index (χ0n) is 18.0. The van der Waals surface area contributed by atoms with Gasteiger partial charge < -0.3 is 18.6 Å². The Hall–Kier alpha value is -4.25. The van der Waals surface area contributed by atoms with Crippen LogP contribution in [0.1, 0.15) is 30.9 Å². The number of carbonyl (C=O) groups is 2. The van der Waals surface area contributed by atoms with Crippen LogP contribution in [0.5, 0.6) is 5.75 Å². The predicted octanol–water partition coefficient (Wildman–Crippen LogP) is 2.35. The predicted molar refractivity (Wildman–Crippen MR) is 115 cm³/mol. The Bertz CT molecular complexity index is 1410. The number of nitrogens with one attached hydrogen (secondary N) is 1. The number of benzene rings is 2. The maximum absolute atomic E-state index is 13.3. The van der Waals surface area contributed by atoms with Crippen LogP contribution in [-0.2, 0) is 19.1 Å². The Morgan fingerprint density at radius 3 is 2.53 bits per heavy atom. The molecule has 11 nitrogen and oxygen atoms in total. The van der Waals surface area contributed by atoms with Gasteiger partial charge in [0.2, 0.25) is 5.54 Å². The van der Waals surface area contributed by atoms with E-state index in [0.717, 1.165) is 6.92 Å². The van der Waals surface area contributed by atoms with Crippen molar-refractivity contribution < 1.29 is 33.1 Å². The number of rotatable bonds is 5. The highest BCUT2D eigenvalue weighted by molar-refractivity contribution is 5.94. The summed E-state index contributed by atoms with van der Waals surface area (Å²) in [5.41, 5.74) is -2.20. The fourth-order valence-corrected chi connectivity index (χ4v) is 4.53. The Morgan fingerprint density at radius 1 is 1.18 bits per heavy atom. The van der Waals surface area contributed by atoms with Crippen LogP contribution in [0.25, 0.3) is 11.0 Å². The lowest BCUT2D eigenvalue weighted by molar-refractivity contribution is -0.384. The van der Waals surface area contributed by atoms with Gasteiger partial charge in [0.15, 0.2) is 0 Å². The summed E-state index contributed by atoms with van der Waals surface area (Å²) in [6.07, 6.45) is 0. The molecule has 0 radical (unpaired) electrons. The van der Waals surface area contributed by atoms with Crippen molar-refractivity contribution in [3.63, 3.8) is 0 Å². The minimum atomic E-state index is -1.96. The summed E-state index contributed by atoms with van der Waals surface area (Å²) in [5.74, 6) is -4.56. The van der Waals surface area contributed by atoms with E-state index in [2.05, 4.69) is 5.32 Å². The van der Waals surface area contributed by atoms with Crippen molar-refractivity contribution in [2.24, 2.45) is 0 Å². The molecule has 2 aromatic carbocycles. The molecule has 11 heteroatoms. The summed E-state index contributed by atoms with van der Waals surface area (Å²) in [6, 6.07) is 12.0. The molecule has 1 N–H and O–H groups in total. The standard InChI is InChI=1S/C23H18N2O9/c1-3-31-21(28)22-18(13-8-10-14(11-9-13)25(29)30)17-19(34-23(22,24-22)33-12(2)26)15-6-4-5-7-16(15)32-20(17)27/h4-11,18,24H,3H2,1-2H3. The second-order valence-corrected chi connectivity index (χ2v) is 7.88. The van der Waals surface area contributed by atoms with Gasteiger partial charge in [0.1, 0.15) is 11.3 Å². The summed E-state index contributed by atoms with van der Waals surface area (Å²) in [6.45, 7) is 2.76. The molecule has 3 aromatic rings. The molecule has 2 aliphatic heterocycles. The summed E-state index contributed by atoms with van der Waals surface area (Å²) in [5, 5.41) is 14.4. The molecule has 34 heavy (non-hydrogen) atoms. The zero-order valence-corrected chi connectivity index (χ0v) is 18.0. The number of para-hydroxylation sites is 1. The van der Waals surface area contributed by atoms with E-state index in [9.17, 15) is 24.5 Å². The maximum Gasteiger partial charge on any atom is 0.348 e. The van der Waals surface area contributed by atoms with E-state index < -0.39 is 39.9 Å². The molecular formula is C23H18N2O9. The van der Waals surface area contributed by atoms with E-state index in [1.54, 1.807) is 31.2 Å². The minimum absolute atomic E-state index is 0.00454. The third-order valence-corrected chi connectivity index (χ3v) is 5.91. The van der Waals surface area contributed by atoms with Crippen LogP contribution in [-0.4, -0.2) is 34.9 Å². The number of hydrogen-bond acceptors (Lipinski definition) is 10. The minimum Gasteiger partial charge on any atom is -0.464 e. The molecule has 0 aliphatic carbocycles. The molecule has 3 atom stereocenters. The van der Waals surface area contributed by atoms with Gasteiger partial charge in [0.05, 0.1) is 28.4 Å². The van der Waals surface area contributed by atoms with Crippen LogP contribution in [0.4, 0.5) is 5.69 Å². The van der Waals surface area contributed by atoms with Gasteiger partial charge in [0.25, 0.3) is 5.69 Å². The first-order valence-corrected chi connectivity index (χ1v) is 10.4. The zero-order chi connectivity index (χ0) is 24.3. The average molecular weight is 466 g/mol. The molecule has 0 saturated carbocycles. The Labute approximate surface area is 191 Å². The largest absolute Gasteiger partial charge is 0.464 e. The van der Waals surface area contributed by atoms with Crippen molar-refractivity contribution in [2.75, 3.05) is 6.61 Å². The van der Waals surface area contributed by atoms with Crippen molar-refractivity contribution in [3.05, 3.63) is 80.2 Å². The van der Waals surface area contributed by atoms with E-state index in [-0.39, 0.29) is 29.2 Å². The van der Waals surface area contributed by atoms with Crippen LogP contribution < -0.4 is 15.7 Å². The first kappa shape index (κ1) is 21.6. The number of esters is 2. The number of hydrogen-bond donors (Lipinski definition) is 1. The normalized spacial score (nSPS) is 24.4. The van der Waals surface area contributed by atoms with E-state index in [4.69, 9.17) is 18.6 Å². The van der Waals surface area contributed by atoms with Crippen LogP contribution in [0.3, 0.4) is 0 Å². The van der Waals surface area contributed by atoms with Gasteiger partial charge in [-0.05, 0) is 24.6 Å². The van der Waals surface area contributed by atoms with Crippen molar-refractivity contribution in [1.29, 1.82) is 0 Å². The molecule has 174 valence electrons. The number of nitro groups is 1. The van der Waals surface area contributed by atoms with Gasteiger partial charge >= 0.3 is 23.5 Å². The highest BCUT2D eigenvalue weighted by Crippen LogP contribution is 2.59. The lowest BCUT2D eigenvalue weighted by Gasteiger charge is -2.33. The Kier molecular flexibility index (Phi) is 4.69. The first-order chi connectivity index (χ1) is 16.2. The Morgan fingerprint density at radius 2 is 1.88 bits per heavy atom. The smallest absolute Gasteiger partial charge is 0.348 e. The molecule has 0 spiro atoms. The van der Waals surface area contributed by atoms with Gasteiger partial charge in [-0.15, -0.1) is 0 Å². The number of ether oxygens (including phenoxy) is 3. The van der Waals surface area contributed by atoms with Crippen molar-refractivity contribution >= 4 is 28.6 Å². The molecule has 1 aromatic heterocycles.